The molecule has 0 heterocycles. The summed E-state index contributed by atoms with van der Waals surface area (Å²) in [6.07, 6.45) is 0. The highest BCUT2D eigenvalue weighted by atomic mass is 16.5. The lowest BCUT2D eigenvalue weighted by atomic mass is 10.0. The van der Waals surface area contributed by atoms with Crippen LogP contribution in [0.15, 0.2) is 65.8 Å². The molecule has 0 aromatic heterocycles. The number of methoxy groups -OCH3 is 1. The number of phenolic OH excluding ortho intramolecular Hbond substituents is 1. The number of fused-ring (bicyclic) bond motifs is 1. The Morgan fingerprint density at radius 2 is 1.74 bits per heavy atom. The van der Waals surface area contributed by atoms with Gasteiger partial charge in [-0.25, -0.2) is 5.43 Å². The fourth-order valence-electron chi connectivity index (χ4n) is 2.67. The number of aromatic hydroxyl groups is 1. The predicted octanol–water partition coefficient (Wildman–Crippen LogP) is 3.47. The molecule has 2 N–H and O–H groups in total. The Balaban J connectivity index is 1.67. The third-order valence-electron chi connectivity index (χ3n) is 4.07. The van der Waals surface area contributed by atoms with E-state index in [0.29, 0.717) is 22.8 Å². The summed E-state index contributed by atoms with van der Waals surface area (Å²) in [6.45, 7) is 1.51. The molecule has 0 atom stereocenters. The quantitative estimate of drug-likeness (QED) is 0.518. The normalized spacial score (nSPS) is 11.3. The zero-order valence-corrected chi connectivity index (χ0v) is 15.1. The summed E-state index contributed by atoms with van der Waals surface area (Å²) in [5.74, 6) is 0.739. The zero-order chi connectivity index (χ0) is 19.2. The van der Waals surface area contributed by atoms with Crippen molar-refractivity contribution in [1.29, 1.82) is 0 Å². The van der Waals surface area contributed by atoms with E-state index >= 15 is 0 Å². The lowest BCUT2D eigenvalue weighted by Gasteiger charge is -2.10. The van der Waals surface area contributed by atoms with E-state index in [-0.39, 0.29) is 12.4 Å². The summed E-state index contributed by atoms with van der Waals surface area (Å²) in [7, 11) is 1.53. The Bertz CT molecular complexity index is 998. The first-order chi connectivity index (χ1) is 13.1. The molecule has 3 aromatic carbocycles. The van der Waals surface area contributed by atoms with Gasteiger partial charge in [0.05, 0.1) is 12.8 Å². The van der Waals surface area contributed by atoms with Crippen molar-refractivity contribution in [2.75, 3.05) is 13.7 Å². The SMILES string of the molecule is COc1ccccc1OCC(=O)N/N=C(\C)c1ccc2ccccc2c1O. The molecular weight excluding hydrogens is 344 g/mol. The Morgan fingerprint density at radius 1 is 1.04 bits per heavy atom. The van der Waals surface area contributed by atoms with Crippen LogP contribution in [-0.2, 0) is 4.79 Å². The number of nitrogens with one attached hydrogen (secondary N) is 1. The van der Waals surface area contributed by atoms with Crippen molar-refractivity contribution >= 4 is 22.4 Å². The molecule has 6 heteroatoms. The second-order valence-electron chi connectivity index (χ2n) is 5.85. The molecule has 6 nitrogen and oxygen atoms in total. The number of hydrazone groups is 1. The Labute approximate surface area is 157 Å². The number of carbonyl (C=O) groups excluding carboxylic acids is 1. The second-order valence-corrected chi connectivity index (χ2v) is 5.85. The Kier molecular flexibility index (Phi) is 5.56. The lowest BCUT2D eigenvalue weighted by molar-refractivity contribution is -0.123. The van der Waals surface area contributed by atoms with Crippen LogP contribution in [0, 0.1) is 0 Å². The van der Waals surface area contributed by atoms with Gasteiger partial charge >= 0.3 is 0 Å². The molecule has 0 aliphatic carbocycles. The minimum Gasteiger partial charge on any atom is -0.507 e. The molecule has 0 bridgehead atoms. The lowest BCUT2D eigenvalue weighted by Crippen LogP contribution is -2.25. The number of nitrogens with zero attached hydrogens (tertiary/aromatic N) is 1. The van der Waals surface area contributed by atoms with Crippen LogP contribution in [0.5, 0.6) is 17.2 Å². The third-order valence-corrected chi connectivity index (χ3v) is 4.07. The predicted molar refractivity (Wildman–Crippen MR) is 104 cm³/mol. The molecule has 0 aliphatic rings. The molecule has 0 saturated heterocycles. The maximum absolute atomic E-state index is 12.0. The summed E-state index contributed by atoms with van der Waals surface area (Å²) in [5, 5.41) is 16.2. The number of rotatable bonds is 6. The monoisotopic (exact) mass is 364 g/mol. The average molecular weight is 364 g/mol. The topological polar surface area (TPSA) is 80.2 Å². The minimum absolute atomic E-state index is 0.133. The van der Waals surface area contributed by atoms with Crippen molar-refractivity contribution in [3.8, 4) is 17.2 Å². The summed E-state index contributed by atoms with van der Waals surface area (Å²) in [4.78, 5) is 12.0. The van der Waals surface area contributed by atoms with Crippen LogP contribution in [0.2, 0.25) is 0 Å². The first-order valence-corrected chi connectivity index (χ1v) is 8.40. The summed E-state index contributed by atoms with van der Waals surface area (Å²) in [6, 6.07) is 18.3. The number of carbonyl (C=O) groups is 1. The van der Waals surface area contributed by atoms with E-state index < -0.39 is 5.91 Å². The summed E-state index contributed by atoms with van der Waals surface area (Å²) >= 11 is 0. The molecule has 0 aliphatic heterocycles. The maximum Gasteiger partial charge on any atom is 0.277 e. The molecule has 3 aromatic rings. The standard InChI is InChI=1S/C21H20N2O4/c1-14(16-12-11-15-7-3-4-8-17(15)21(16)25)22-23-20(24)13-27-19-10-6-5-9-18(19)26-2/h3-12,25H,13H2,1-2H3,(H,23,24)/b22-14+. The number of phenols is 1. The summed E-state index contributed by atoms with van der Waals surface area (Å²) < 4.78 is 10.6. The maximum atomic E-state index is 12.0. The van der Waals surface area contributed by atoms with E-state index in [4.69, 9.17) is 9.47 Å². The highest BCUT2D eigenvalue weighted by Crippen LogP contribution is 2.29. The minimum atomic E-state index is -0.416. The van der Waals surface area contributed by atoms with Crippen LogP contribution in [0.25, 0.3) is 10.8 Å². The largest absolute Gasteiger partial charge is 0.507 e. The van der Waals surface area contributed by atoms with Crippen molar-refractivity contribution in [2.24, 2.45) is 5.10 Å². The molecule has 27 heavy (non-hydrogen) atoms. The van der Waals surface area contributed by atoms with Gasteiger partial charge in [0.25, 0.3) is 5.91 Å². The molecule has 0 fully saturated rings. The van der Waals surface area contributed by atoms with Gasteiger partial charge in [0.1, 0.15) is 5.75 Å². The van der Waals surface area contributed by atoms with E-state index in [1.807, 2.05) is 36.4 Å². The number of amides is 1. The number of ether oxygens (including phenoxy) is 2. The van der Waals surface area contributed by atoms with E-state index in [9.17, 15) is 9.90 Å². The molecular formula is C21H20N2O4. The van der Waals surface area contributed by atoms with E-state index in [0.717, 1.165) is 10.8 Å². The van der Waals surface area contributed by atoms with Crippen LogP contribution < -0.4 is 14.9 Å². The van der Waals surface area contributed by atoms with Gasteiger partial charge in [0.15, 0.2) is 18.1 Å². The van der Waals surface area contributed by atoms with Gasteiger partial charge in [-0.05, 0) is 30.5 Å². The molecule has 138 valence electrons. The first-order valence-electron chi connectivity index (χ1n) is 8.40. The Morgan fingerprint density at radius 3 is 2.52 bits per heavy atom. The number of hydrogen-bond donors (Lipinski definition) is 2. The fourth-order valence-corrected chi connectivity index (χ4v) is 2.67. The zero-order valence-electron chi connectivity index (χ0n) is 15.1. The van der Waals surface area contributed by atoms with Gasteiger partial charge in [-0.15, -0.1) is 0 Å². The smallest absolute Gasteiger partial charge is 0.277 e. The molecule has 0 spiro atoms. The van der Waals surface area contributed by atoms with Crippen molar-refractivity contribution in [1.82, 2.24) is 5.43 Å². The van der Waals surface area contributed by atoms with Gasteiger partial charge in [-0.1, -0.05) is 42.5 Å². The highest BCUT2D eigenvalue weighted by molar-refractivity contribution is 6.06. The van der Waals surface area contributed by atoms with Gasteiger partial charge in [-0.3, -0.25) is 4.79 Å². The molecule has 0 saturated carbocycles. The molecule has 1 amide bonds. The van der Waals surface area contributed by atoms with E-state index in [2.05, 4.69) is 10.5 Å². The Hall–Kier alpha value is -3.54. The number of para-hydroxylation sites is 2. The van der Waals surface area contributed by atoms with Gasteiger partial charge in [0, 0.05) is 10.9 Å². The van der Waals surface area contributed by atoms with Crippen molar-refractivity contribution in [2.45, 2.75) is 6.92 Å². The van der Waals surface area contributed by atoms with Gasteiger partial charge in [0.2, 0.25) is 0 Å². The van der Waals surface area contributed by atoms with Crippen molar-refractivity contribution in [3.05, 3.63) is 66.2 Å². The number of hydrogen-bond acceptors (Lipinski definition) is 5. The van der Waals surface area contributed by atoms with Crippen molar-refractivity contribution in [3.63, 3.8) is 0 Å². The van der Waals surface area contributed by atoms with Crippen LogP contribution in [-0.4, -0.2) is 30.4 Å². The average Bonchev–Trinajstić information content (AvgIpc) is 2.71. The van der Waals surface area contributed by atoms with Crippen LogP contribution >= 0.6 is 0 Å². The van der Waals surface area contributed by atoms with E-state index in [1.54, 1.807) is 31.2 Å². The molecule has 0 unspecified atom stereocenters. The van der Waals surface area contributed by atoms with Gasteiger partial charge in [-0.2, -0.15) is 5.10 Å². The van der Waals surface area contributed by atoms with E-state index in [1.165, 1.54) is 7.11 Å². The first kappa shape index (κ1) is 18.3. The summed E-state index contributed by atoms with van der Waals surface area (Å²) in [5.41, 5.74) is 3.48. The van der Waals surface area contributed by atoms with Crippen LogP contribution in [0.1, 0.15) is 12.5 Å². The second kappa shape index (κ2) is 8.23. The fraction of sp³-hybridized carbons (Fsp3) is 0.143. The molecule has 0 radical (unpaired) electrons. The number of benzene rings is 3. The van der Waals surface area contributed by atoms with Crippen LogP contribution in [0.4, 0.5) is 0 Å². The third kappa shape index (κ3) is 4.17. The van der Waals surface area contributed by atoms with Crippen molar-refractivity contribution < 1.29 is 19.4 Å². The van der Waals surface area contributed by atoms with Crippen LogP contribution in [0.3, 0.4) is 0 Å². The molecule has 3 rings (SSSR count). The highest BCUT2D eigenvalue weighted by Gasteiger charge is 2.10. The van der Waals surface area contributed by atoms with Gasteiger partial charge < -0.3 is 14.6 Å².